The summed E-state index contributed by atoms with van der Waals surface area (Å²) in [6.45, 7) is 2.04. The molecule has 1 aromatic rings. The molecular formula is C10H15N3O2. The van der Waals surface area contributed by atoms with Gasteiger partial charge in [-0.15, -0.1) is 0 Å². The Balaban J connectivity index is 2.72. The number of aromatic nitrogens is 2. The Kier molecular flexibility index (Phi) is 4.05. The van der Waals surface area contributed by atoms with Gasteiger partial charge in [0.2, 0.25) is 0 Å². The molecule has 0 saturated heterocycles. The molecule has 15 heavy (non-hydrogen) atoms. The van der Waals surface area contributed by atoms with Crippen LogP contribution in [0.2, 0.25) is 0 Å². The van der Waals surface area contributed by atoms with E-state index in [1.54, 1.807) is 6.08 Å². The molecule has 0 aliphatic heterocycles. The first-order chi connectivity index (χ1) is 7.13. The lowest BCUT2D eigenvalue weighted by atomic mass is 10.2. The van der Waals surface area contributed by atoms with E-state index in [9.17, 15) is 4.79 Å². The molecule has 0 spiro atoms. The van der Waals surface area contributed by atoms with Crippen molar-refractivity contribution in [2.75, 3.05) is 7.05 Å². The second kappa shape index (κ2) is 5.31. The molecule has 2 N–H and O–H groups in total. The van der Waals surface area contributed by atoms with Crippen LogP contribution in [0.25, 0.3) is 6.08 Å². The monoisotopic (exact) mass is 209 g/mol. The highest BCUT2D eigenvalue weighted by molar-refractivity contribution is 5.46. The van der Waals surface area contributed by atoms with Gasteiger partial charge in [-0.1, -0.05) is 12.2 Å². The third-order valence-electron chi connectivity index (χ3n) is 2.09. The van der Waals surface area contributed by atoms with Crippen LogP contribution >= 0.6 is 0 Å². The minimum atomic E-state index is -0.339. The molecule has 5 heteroatoms. The molecule has 1 unspecified atom stereocenters. The van der Waals surface area contributed by atoms with Crippen LogP contribution in [0.3, 0.4) is 0 Å². The van der Waals surface area contributed by atoms with Gasteiger partial charge in [0, 0.05) is 6.04 Å². The van der Waals surface area contributed by atoms with Crippen LogP contribution in [0, 0.1) is 0 Å². The lowest BCUT2D eigenvalue weighted by molar-refractivity contribution is 0.180. The van der Waals surface area contributed by atoms with Gasteiger partial charge >= 0.3 is 0 Å². The van der Waals surface area contributed by atoms with Crippen molar-refractivity contribution in [2.24, 2.45) is 0 Å². The smallest absolute Gasteiger partial charge is 0.280 e. The van der Waals surface area contributed by atoms with Gasteiger partial charge in [-0.3, -0.25) is 4.79 Å². The van der Waals surface area contributed by atoms with Crippen LogP contribution in [0.5, 0.6) is 0 Å². The van der Waals surface area contributed by atoms with Crippen molar-refractivity contribution < 1.29 is 5.21 Å². The first-order valence-electron chi connectivity index (χ1n) is 4.75. The summed E-state index contributed by atoms with van der Waals surface area (Å²) in [4.78, 5) is 14.7. The van der Waals surface area contributed by atoms with Gasteiger partial charge in [-0.2, -0.15) is 9.71 Å². The summed E-state index contributed by atoms with van der Waals surface area (Å²) in [5.41, 5.74) is 0.0389. The molecule has 82 valence electrons. The Bertz CT molecular complexity index is 398. The van der Waals surface area contributed by atoms with Gasteiger partial charge in [0.1, 0.15) is 6.33 Å². The van der Waals surface area contributed by atoms with Crippen LogP contribution < -0.4 is 10.9 Å². The number of hydrogen-bond donors (Lipinski definition) is 2. The fourth-order valence-electron chi connectivity index (χ4n) is 1.05. The zero-order chi connectivity index (χ0) is 11.3. The van der Waals surface area contributed by atoms with Crippen molar-refractivity contribution in [1.82, 2.24) is 15.0 Å². The molecule has 0 aliphatic rings. The standard InChI is InChI=1S/C10H15N3O2/c1-8(11-2)4-3-5-9-6-13(15)7-12-10(9)14/h3,5-8,11,15H,4H2,1-2H3/b5-3+. The van der Waals surface area contributed by atoms with Crippen molar-refractivity contribution in [3.05, 3.63) is 34.5 Å². The van der Waals surface area contributed by atoms with Crippen LogP contribution in [0.4, 0.5) is 0 Å². The van der Waals surface area contributed by atoms with E-state index in [4.69, 9.17) is 5.21 Å². The molecule has 1 rings (SSSR count). The molecule has 1 heterocycles. The molecule has 0 radical (unpaired) electrons. The molecule has 0 aliphatic carbocycles. The first kappa shape index (κ1) is 11.5. The Morgan fingerprint density at radius 2 is 2.47 bits per heavy atom. The highest BCUT2D eigenvalue weighted by Gasteiger charge is 1.97. The van der Waals surface area contributed by atoms with Crippen LogP contribution in [0.1, 0.15) is 18.9 Å². The Morgan fingerprint density at radius 3 is 3.13 bits per heavy atom. The quantitative estimate of drug-likeness (QED) is 0.708. The number of hydrogen-bond acceptors (Lipinski definition) is 4. The lowest BCUT2D eigenvalue weighted by Gasteiger charge is -2.04. The fourth-order valence-corrected chi connectivity index (χ4v) is 1.05. The van der Waals surface area contributed by atoms with Crippen molar-refractivity contribution >= 4 is 6.08 Å². The highest BCUT2D eigenvalue weighted by atomic mass is 16.5. The maximum absolute atomic E-state index is 11.2. The zero-order valence-electron chi connectivity index (χ0n) is 8.84. The molecule has 1 atom stereocenters. The van der Waals surface area contributed by atoms with Crippen molar-refractivity contribution in [2.45, 2.75) is 19.4 Å². The van der Waals surface area contributed by atoms with Gasteiger partial charge < -0.3 is 10.5 Å². The van der Waals surface area contributed by atoms with Crippen molar-refractivity contribution in [1.29, 1.82) is 0 Å². The highest BCUT2D eigenvalue weighted by Crippen LogP contribution is 1.97. The molecular weight excluding hydrogens is 194 g/mol. The normalized spacial score (nSPS) is 13.2. The Morgan fingerprint density at radius 1 is 1.73 bits per heavy atom. The summed E-state index contributed by atoms with van der Waals surface area (Å²) in [5, 5.41) is 12.1. The summed E-state index contributed by atoms with van der Waals surface area (Å²) >= 11 is 0. The SMILES string of the molecule is CNC(C)C/C=C/c1cn(O)cnc1=O. The van der Waals surface area contributed by atoms with E-state index in [2.05, 4.69) is 10.3 Å². The number of nitrogens with one attached hydrogen (secondary N) is 1. The third kappa shape index (κ3) is 3.55. The minimum absolute atomic E-state index is 0.339. The van der Waals surface area contributed by atoms with E-state index in [1.807, 2.05) is 20.0 Å². The number of nitrogens with zero attached hydrogens (tertiary/aromatic N) is 2. The molecule has 0 bridgehead atoms. The van der Waals surface area contributed by atoms with Crippen molar-refractivity contribution in [3.8, 4) is 0 Å². The maximum atomic E-state index is 11.2. The van der Waals surface area contributed by atoms with Gasteiger partial charge in [0.15, 0.2) is 0 Å². The van der Waals surface area contributed by atoms with E-state index in [1.165, 1.54) is 6.20 Å². The van der Waals surface area contributed by atoms with Gasteiger partial charge in [-0.05, 0) is 20.4 Å². The van der Waals surface area contributed by atoms with E-state index >= 15 is 0 Å². The summed E-state index contributed by atoms with van der Waals surface area (Å²) in [7, 11) is 1.88. The summed E-state index contributed by atoms with van der Waals surface area (Å²) in [5.74, 6) is 0. The maximum Gasteiger partial charge on any atom is 0.280 e. The Hall–Kier alpha value is -1.62. The topological polar surface area (TPSA) is 67.2 Å². The second-order valence-corrected chi connectivity index (χ2v) is 3.34. The lowest BCUT2D eigenvalue weighted by Crippen LogP contribution is -2.19. The molecule has 5 nitrogen and oxygen atoms in total. The van der Waals surface area contributed by atoms with Crippen LogP contribution in [0.15, 0.2) is 23.4 Å². The van der Waals surface area contributed by atoms with Crippen LogP contribution in [-0.4, -0.2) is 28.0 Å². The van der Waals surface area contributed by atoms with E-state index in [-0.39, 0.29) is 5.56 Å². The molecule has 0 saturated carbocycles. The average molecular weight is 209 g/mol. The van der Waals surface area contributed by atoms with Gasteiger partial charge in [0.05, 0.1) is 11.8 Å². The second-order valence-electron chi connectivity index (χ2n) is 3.34. The van der Waals surface area contributed by atoms with Gasteiger partial charge in [0.25, 0.3) is 5.56 Å². The summed E-state index contributed by atoms with van der Waals surface area (Å²) in [6, 6.07) is 0.356. The number of rotatable bonds is 4. The first-order valence-corrected chi connectivity index (χ1v) is 4.75. The summed E-state index contributed by atoms with van der Waals surface area (Å²) in [6.07, 6.45) is 6.75. The van der Waals surface area contributed by atoms with E-state index in [0.29, 0.717) is 11.6 Å². The fraction of sp³-hybridized carbons (Fsp3) is 0.400. The predicted molar refractivity (Wildman–Crippen MR) is 57.9 cm³/mol. The molecule has 0 amide bonds. The Labute approximate surface area is 88.0 Å². The average Bonchev–Trinajstić information content (AvgIpc) is 2.23. The largest absolute Gasteiger partial charge is 0.428 e. The van der Waals surface area contributed by atoms with Crippen molar-refractivity contribution in [3.63, 3.8) is 0 Å². The van der Waals surface area contributed by atoms with Gasteiger partial charge in [-0.25, -0.2) is 0 Å². The molecule has 0 fully saturated rings. The third-order valence-corrected chi connectivity index (χ3v) is 2.09. The molecule has 0 aromatic carbocycles. The zero-order valence-corrected chi connectivity index (χ0v) is 8.84. The van der Waals surface area contributed by atoms with Crippen LogP contribution in [-0.2, 0) is 0 Å². The predicted octanol–water partition coefficient (Wildman–Crippen LogP) is 0.492. The summed E-state index contributed by atoms with van der Waals surface area (Å²) < 4.78 is 0.766. The molecule has 1 aromatic heterocycles. The minimum Gasteiger partial charge on any atom is -0.428 e. The van der Waals surface area contributed by atoms with E-state index in [0.717, 1.165) is 17.5 Å². The van der Waals surface area contributed by atoms with E-state index < -0.39 is 0 Å².